The molecule has 0 saturated carbocycles. The van der Waals surface area contributed by atoms with Crippen LogP contribution >= 0.6 is 0 Å². The molecular formula is C14H16F3N3. The highest BCUT2D eigenvalue weighted by molar-refractivity contribution is 5.76. The molecule has 1 saturated heterocycles. The molecular weight excluding hydrogens is 267 g/mol. The first-order chi connectivity index (χ1) is 9.38. The zero-order valence-electron chi connectivity index (χ0n) is 11.1. The smallest absolute Gasteiger partial charge is 0.342 e. The lowest BCUT2D eigenvalue weighted by Gasteiger charge is -2.32. The van der Waals surface area contributed by atoms with E-state index in [1.807, 2.05) is 0 Å². The molecule has 2 aromatic rings. The number of nitrogens with one attached hydrogen (secondary N) is 2. The number of hydrogen-bond acceptors (Lipinski definition) is 2. The summed E-state index contributed by atoms with van der Waals surface area (Å²) in [5.74, 6) is 0.785. The Kier molecular flexibility index (Phi) is 3.01. The number of benzene rings is 1. The van der Waals surface area contributed by atoms with Gasteiger partial charge in [-0.15, -0.1) is 0 Å². The van der Waals surface area contributed by atoms with Gasteiger partial charge in [0.05, 0.1) is 16.6 Å². The van der Waals surface area contributed by atoms with Crippen molar-refractivity contribution >= 4 is 11.0 Å². The van der Waals surface area contributed by atoms with Gasteiger partial charge in [0.25, 0.3) is 0 Å². The predicted octanol–water partition coefficient (Wildman–Crippen LogP) is 3.22. The number of halogens is 3. The molecule has 0 unspecified atom stereocenters. The lowest BCUT2D eigenvalue weighted by molar-refractivity contribution is -0.137. The van der Waals surface area contributed by atoms with Crippen molar-refractivity contribution in [2.24, 2.45) is 0 Å². The highest BCUT2D eigenvalue weighted by Gasteiger charge is 2.33. The molecule has 3 nitrogen and oxygen atoms in total. The molecule has 1 aromatic carbocycles. The summed E-state index contributed by atoms with van der Waals surface area (Å²) in [6, 6.07) is 3.65. The van der Waals surface area contributed by atoms with Gasteiger partial charge in [-0.2, -0.15) is 13.2 Å². The molecule has 1 aliphatic rings. The number of hydrogen-bond donors (Lipinski definition) is 2. The van der Waals surface area contributed by atoms with Crippen LogP contribution in [0.3, 0.4) is 0 Å². The van der Waals surface area contributed by atoms with E-state index in [4.69, 9.17) is 0 Å². The van der Waals surface area contributed by atoms with Gasteiger partial charge in [-0.05, 0) is 44.1 Å². The van der Waals surface area contributed by atoms with E-state index in [-0.39, 0.29) is 5.41 Å². The Morgan fingerprint density at radius 2 is 1.90 bits per heavy atom. The molecule has 0 spiro atoms. The fourth-order valence-electron chi connectivity index (χ4n) is 2.69. The molecule has 0 atom stereocenters. The van der Waals surface area contributed by atoms with Gasteiger partial charge in [-0.1, -0.05) is 6.92 Å². The molecule has 0 amide bonds. The number of imidazole rings is 1. The second-order valence-corrected chi connectivity index (χ2v) is 5.63. The van der Waals surface area contributed by atoms with Crippen molar-refractivity contribution in [2.75, 3.05) is 13.1 Å². The highest BCUT2D eigenvalue weighted by Crippen LogP contribution is 2.34. The Morgan fingerprint density at radius 3 is 2.55 bits per heavy atom. The monoisotopic (exact) mass is 283 g/mol. The van der Waals surface area contributed by atoms with E-state index in [1.54, 1.807) is 0 Å². The molecule has 1 fully saturated rings. The summed E-state index contributed by atoms with van der Waals surface area (Å²) in [5.41, 5.74) is 0.306. The number of piperidine rings is 1. The SMILES string of the molecule is CC1(c2nc3ccc(C(F)(F)F)cc3[nH]2)CCNCC1. The Morgan fingerprint density at radius 1 is 1.20 bits per heavy atom. The lowest BCUT2D eigenvalue weighted by Crippen LogP contribution is -2.38. The van der Waals surface area contributed by atoms with Crippen LogP contribution in [0.1, 0.15) is 31.2 Å². The van der Waals surface area contributed by atoms with Gasteiger partial charge >= 0.3 is 6.18 Å². The molecule has 0 bridgehead atoms. The molecule has 6 heteroatoms. The number of rotatable bonds is 1. The largest absolute Gasteiger partial charge is 0.416 e. The normalized spacial score (nSPS) is 19.4. The zero-order chi connectivity index (χ0) is 14.4. The Hall–Kier alpha value is -1.56. The first-order valence-corrected chi connectivity index (χ1v) is 6.67. The van der Waals surface area contributed by atoms with Crippen LogP contribution < -0.4 is 5.32 Å². The average molecular weight is 283 g/mol. The van der Waals surface area contributed by atoms with Crippen molar-refractivity contribution in [3.63, 3.8) is 0 Å². The predicted molar refractivity (Wildman–Crippen MR) is 70.6 cm³/mol. The molecule has 1 aromatic heterocycles. The number of H-pyrrole nitrogens is 1. The van der Waals surface area contributed by atoms with Crippen molar-refractivity contribution < 1.29 is 13.2 Å². The summed E-state index contributed by atoms with van der Waals surface area (Å²) in [6.45, 7) is 3.92. The molecule has 1 aliphatic heterocycles. The Bertz CT molecular complexity index is 624. The maximum atomic E-state index is 12.7. The van der Waals surface area contributed by atoms with Gasteiger partial charge in [0.2, 0.25) is 0 Å². The summed E-state index contributed by atoms with van der Waals surface area (Å²) in [5, 5.41) is 3.28. The Balaban J connectivity index is 2.02. The first kappa shape index (κ1) is 13.4. The van der Waals surface area contributed by atoms with Gasteiger partial charge in [-0.25, -0.2) is 4.98 Å². The van der Waals surface area contributed by atoms with E-state index in [9.17, 15) is 13.2 Å². The molecule has 0 radical (unpaired) electrons. The van der Waals surface area contributed by atoms with Crippen molar-refractivity contribution in [1.82, 2.24) is 15.3 Å². The fraction of sp³-hybridized carbons (Fsp3) is 0.500. The van der Waals surface area contributed by atoms with Gasteiger partial charge in [0.1, 0.15) is 5.82 Å². The van der Waals surface area contributed by atoms with Crippen molar-refractivity contribution in [3.8, 4) is 0 Å². The fourth-order valence-corrected chi connectivity index (χ4v) is 2.69. The molecule has 20 heavy (non-hydrogen) atoms. The van der Waals surface area contributed by atoms with E-state index in [1.165, 1.54) is 6.07 Å². The lowest BCUT2D eigenvalue weighted by atomic mass is 9.80. The van der Waals surface area contributed by atoms with E-state index in [2.05, 4.69) is 22.2 Å². The van der Waals surface area contributed by atoms with Crippen molar-refractivity contribution in [3.05, 3.63) is 29.6 Å². The molecule has 2 heterocycles. The average Bonchev–Trinajstić information content (AvgIpc) is 2.82. The van der Waals surface area contributed by atoms with Crippen LogP contribution in [0.5, 0.6) is 0 Å². The van der Waals surface area contributed by atoms with Gasteiger partial charge in [0, 0.05) is 5.41 Å². The highest BCUT2D eigenvalue weighted by atomic mass is 19.4. The second kappa shape index (κ2) is 4.48. The standard InChI is InChI=1S/C14H16F3N3/c1-13(4-6-18-7-5-13)12-19-10-3-2-9(14(15,16)17)8-11(10)20-12/h2-3,8,18H,4-7H2,1H3,(H,19,20). The number of nitrogens with zero attached hydrogens (tertiary/aromatic N) is 1. The van der Waals surface area contributed by atoms with Crippen LogP contribution in [0.2, 0.25) is 0 Å². The molecule has 108 valence electrons. The van der Waals surface area contributed by atoms with Crippen LogP contribution in [-0.4, -0.2) is 23.1 Å². The van der Waals surface area contributed by atoms with Crippen molar-refractivity contribution in [2.45, 2.75) is 31.4 Å². The molecule has 3 rings (SSSR count). The van der Waals surface area contributed by atoms with Crippen LogP contribution in [0.15, 0.2) is 18.2 Å². The van der Waals surface area contributed by atoms with Gasteiger partial charge in [0.15, 0.2) is 0 Å². The maximum Gasteiger partial charge on any atom is 0.416 e. The summed E-state index contributed by atoms with van der Waals surface area (Å²) >= 11 is 0. The minimum absolute atomic E-state index is 0.0946. The number of aromatic nitrogens is 2. The minimum atomic E-state index is -4.32. The van der Waals surface area contributed by atoms with Crippen LogP contribution in [0.4, 0.5) is 13.2 Å². The molecule has 0 aliphatic carbocycles. The third-order valence-corrected chi connectivity index (χ3v) is 4.09. The zero-order valence-corrected chi connectivity index (χ0v) is 11.1. The Labute approximate surface area is 114 Å². The number of fused-ring (bicyclic) bond motifs is 1. The number of aromatic amines is 1. The maximum absolute atomic E-state index is 12.7. The van der Waals surface area contributed by atoms with Crippen molar-refractivity contribution in [1.29, 1.82) is 0 Å². The third kappa shape index (κ3) is 2.28. The third-order valence-electron chi connectivity index (χ3n) is 4.09. The summed E-state index contributed by atoms with van der Waals surface area (Å²) in [6.07, 6.45) is -2.46. The summed E-state index contributed by atoms with van der Waals surface area (Å²) in [4.78, 5) is 7.56. The minimum Gasteiger partial charge on any atom is -0.342 e. The van der Waals surface area contributed by atoms with Gasteiger partial charge in [-0.3, -0.25) is 0 Å². The van der Waals surface area contributed by atoms with Crippen LogP contribution in [0, 0.1) is 0 Å². The second-order valence-electron chi connectivity index (χ2n) is 5.63. The molecule has 2 N–H and O–H groups in total. The summed E-state index contributed by atoms with van der Waals surface area (Å²) in [7, 11) is 0. The van der Waals surface area contributed by atoms with E-state index < -0.39 is 11.7 Å². The number of alkyl halides is 3. The van der Waals surface area contributed by atoms with Crippen LogP contribution in [-0.2, 0) is 11.6 Å². The first-order valence-electron chi connectivity index (χ1n) is 6.67. The topological polar surface area (TPSA) is 40.7 Å². The quantitative estimate of drug-likeness (QED) is 0.843. The van der Waals surface area contributed by atoms with E-state index >= 15 is 0 Å². The van der Waals surface area contributed by atoms with Crippen LogP contribution in [0.25, 0.3) is 11.0 Å². The van der Waals surface area contributed by atoms with Gasteiger partial charge < -0.3 is 10.3 Å². The van der Waals surface area contributed by atoms with E-state index in [0.29, 0.717) is 11.0 Å². The van der Waals surface area contributed by atoms with E-state index in [0.717, 1.165) is 43.9 Å². The summed E-state index contributed by atoms with van der Waals surface area (Å²) < 4.78 is 38.1.